The van der Waals surface area contributed by atoms with Crippen LogP contribution in [0.3, 0.4) is 0 Å². The highest BCUT2D eigenvalue weighted by atomic mass is 32.2. The Bertz CT molecular complexity index is 796. The van der Waals surface area contributed by atoms with Crippen molar-refractivity contribution < 1.29 is 4.79 Å². The van der Waals surface area contributed by atoms with Gasteiger partial charge in [0.2, 0.25) is 0 Å². The second-order valence-electron chi connectivity index (χ2n) is 7.04. The Morgan fingerprint density at radius 3 is 2.86 bits per heavy atom. The molecule has 1 saturated heterocycles. The van der Waals surface area contributed by atoms with Gasteiger partial charge in [-0.05, 0) is 75.1 Å². The third-order valence-electron chi connectivity index (χ3n) is 5.12. The number of allylic oxidation sites excluding steroid dienone is 9. The summed E-state index contributed by atoms with van der Waals surface area (Å²) in [5.74, 6) is 0.0974. The average Bonchev–Trinajstić information content (AvgIpc) is 2.92. The van der Waals surface area contributed by atoms with E-state index in [1.165, 1.54) is 11.1 Å². The first-order chi connectivity index (χ1) is 14.1. The number of hydrogen-bond acceptors (Lipinski definition) is 3. The Morgan fingerprint density at radius 2 is 2.14 bits per heavy atom. The van der Waals surface area contributed by atoms with Gasteiger partial charge in [0.05, 0.1) is 4.91 Å². The van der Waals surface area contributed by atoms with Gasteiger partial charge in [0.25, 0.3) is 5.91 Å². The molecule has 1 amide bonds. The first-order valence-corrected chi connectivity index (χ1v) is 11.1. The zero-order valence-electron chi connectivity index (χ0n) is 17.6. The van der Waals surface area contributed by atoms with Gasteiger partial charge in [-0.25, -0.2) is 0 Å². The SMILES string of the molecule is C=C/C=C(\SC(C)C(/C=C\N=C)=C/C)C(=O)N1CCCC2=CCC=CC=C2CC1. The Morgan fingerprint density at radius 1 is 1.31 bits per heavy atom. The molecule has 1 fully saturated rings. The molecule has 2 aliphatic rings. The lowest BCUT2D eigenvalue weighted by atomic mass is 9.95. The number of aliphatic imine (C=N–C) groups is 1. The van der Waals surface area contributed by atoms with Crippen molar-refractivity contribution in [2.75, 3.05) is 13.1 Å². The predicted octanol–water partition coefficient (Wildman–Crippen LogP) is 6.16. The molecule has 2 rings (SSSR count). The average molecular weight is 409 g/mol. The quantitative estimate of drug-likeness (QED) is 0.287. The number of carbonyl (C=O) groups is 1. The summed E-state index contributed by atoms with van der Waals surface area (Å²) in [7, 11) is 0. The maximum Gasteiger partial charge on any atom is 0.260 e. The van der Waals surface area contributed by atoms with Crippen LogP contribution in [0.4, 0.5) is 0 Å². The summed E-state index contributed by atoms with van der Waals surface area (Å²) in [5, 5.41) is 0.132. The molecule has 0 bridgehead atoms. The number of carbonyl (C=O) groups excluding carboxylic acids is 1. The molecule has 0 aromatic rings. The second-order valence-corrected chi connectivity index (χ2v) is 8.43. The Labute approximate surface area is 180 Å². The van der Waals surface area contributed by atoms with Crippen LogP contribution in [-0.4, -0.2) is 35.9 Å². The lowest BCUT2D eigenvalue weighted by Gasteiger charge is -2.28. The number of likely N-dealkylation sites (tertiary alicyclic amines) is 1. The molecule has 4 heteroatoms. The number of rotatable bonds is 7. The molecule has 1 heterocycles. The lowest BCUT2D eigenvalue weighted by molar-refractivity contribution is -0.126. The van der Waals surface area contributed by atoms with Crippen LogP contribution in [0.5, 0.6) is 0 Å². The van der Waals surface area contributed by atoms with E-state index in [0.717, 1.165) is 49.3 Å². The summed E-state index contributed by atoms with van der Waals surface area (Å²) in [6, 6.07) is 0. The van der Waals surface area contributed by atoms with E-state index in [-0.39, 0.29) is 11.2 Å². The van der Waals surface area contributed by atoms with Crippen LogP contribution in [0, 0.1) is 0 Å². The van der Waals surface area contributed by atoms with E-state index < -0.39 is 0 Å². The van der Waals surface area contributed by atoms with Crippen molar-refractivity contribution >= 4 is 24.4 Å². The number of fused-ring (bicyclic) bond motifs is 1. The molecular weight excluding hydrogens is 376 g/mol. The summed E-state index contributed by atoms with van der Waals surface area (Å²) >= 11 is 1.57. The monoisotopic (exact) mass is 408 g/mol. The van der Waals surface area contributed by atoms with E-state index >= 15 is 0 Å². The van der Waals surface area contributed by atoms with Crippen molar-refractivity contribution in [2.45, 2.75) is 44.8 Å². The van der Waals surface area contributed by atoms with Crippen LogP contribution in [0.2, 0.25) is 0 Å². The van der Waals surface area contributed by atoms with Crippen molar-refractivity contribution in [3.63, 3.8) is 0 Å². The Kier molecular flexibility index (Phi) is 9.72. The third-order valence-corrected chi connectivity index (χ3v) is 6.31. The van der Waals surface area contributed by atoms with Gasteiger partial charge in [0, 0.05) is 24.5 Å². The van der Waals surface area contributed by atoms with Crippen LogP contribution in [0.25, 0.3) is 0 Å². The lowest BCUT2D eigenvalue weighted by Crippen LogP contribution is -2.35. The fraction of sp³-hybridized carbons (Fsp3) is 0.360. The van der Waals surface area contributed by atoms with Gasteiger partial charge in [-0.15, -0.1) is 11.8 Å². The Balaban J connectivity index is 2.12. The molecular formula is C25H32N2OS. The molecule has 154 valence electrons. The van der Waals surface area contributed by atoms with E-state index in [4.69, 9.17) is 0 Å². The molecule has 1 unspecified atom stereocenters. The van der Waals surface area contributed by atoms with Gasteiger partial charge in [-0.2, -0.15) is 0 Å². The number of thioether (sulfide) groups is 1. The molecule has 0 aromatic heterocycles. The smallest absolute Gasteiger partial charge is 0.260 e. The number of nitrogens with zero attached hydrogens (tertiary/aromatic N) is 2. The minimum Gasteiger partial charge on any atom is -0.338 e. The minimum absolute atomic E-state index is 0.0974. The van der Waals surface area contributed by atoms with Crippen LogP contribution < -0.4 is 0 Å². The summed E-state index contributed by atoms with van der Waals surface area (Å²) in [5.41, 5.74) is 3.93. The molecule has 0 N–H and O–H groups in total. The molecule has 3 nitrogen and oxygen atoms in total. The normalized spacial score (nSPS) is 19.4. The van der Waals surface area contributed by atoms with Crippen LogP contribution >= 0.6 is 11.8 Å². The van der Waals surface area contributed by atoms with E-state index in [1.54, 1.807) is 24.0 Å². The van der Waals surface area contributed by atoms with Crippen LogP contribution in [0.1, 0.15) is 39.5 Å². The molecule has 0 aromatic carbocycles. The summed E-state index contributed by atoms with van der Waals surface area (Å²) < 4.78 is 0. The molecule has 1 aliphatic carbocycles. The third kappa shape index (κ3) is 6.90. The largest absolute Gasteiger partial charge is 0.338 e. The van der Waals surface area contributed by atoms with Gasteiger partial charge >= 0.3 is 0 Å². The summed E-state index contributed by atoms with van der Waals surface area (Å²) in [4.78, 5) is 19.8. The molecule has 0 spiro atoms. The first-order valence-electron chi connectivity index (χ1n) is 10.2. The van der Waals surface area contributed by atoms with Gasteiger partial charge in [-0.1, -0.05) is 43.0 Å². The fourth-order valence-electron chi connectivity index (χ4n) is 3.54. The van der Waals surface area contributed by atoms with E-state index in [0.29, 0.717) is 0 Å². The zero-order valence-corrected chi connectivity index (χ0v) is 18.5. The fourth-order valence-corrected chi connectivity index (χ4v) is 4.67. The van der Waals surface area contributed by atoms with Crippen molar-refractivity contribution in [1.82, 2.24) is 4.90 Å². The maximum atomic E-state index is 13.3. The molecule has 0 radical (unpaired) electrons. The molecule has 1 atom stereocenters. The van der Waals surface area contributed by atoms with Crippen molar-refractivity contribution in [3.05, 3.63) is 83.0 Å². The highest BCUT2D eigenvalue weighted by Crippen LogP contribution is 2.31. The van der Waals surface area contributed by atoms with Crippen LogP contribution in [-0.2, 0) is 4.79 Å². The zero-order chi connectivity index (χ0) is 21.1. The van der Waals surface area contributed by atoms with Gasteiger partial charge in [-0.3, -0.25) is 9.79 Å². The van der Waals surface area contributed by atoms with Gasteiger partial charge in [0.1, 0.15) is 0 Å². The topological polar surface area (TPSA) is 32.7 Å². The van der Waals surface area contributed by atoms with Crippen molar-refractivity contribution in [2.24, 2.45) is 4.99 Å². The number of amides is 1. The highest BCUT2D eigenvalue weighted by Gasteiger charge is 2.23. The molecule has 29 heavy (non-hydrogen) atoms. The minimum atomic E-state index is 0.0974. The first kappa shape index (κ1) is 23.0. The van der Waals surface area contributed by atoms with E-state index in [1.807, 2.05) is 30.1 Å². The predicted molar refractivity (Wildman–Crippen MR) is 128 cm³/mol. The van der Waals surface area contributed by atoms with Gasteiger partial charge in [0.15, 0.2) is 0 Å². The second kappa shape index (κ2) is 12.3. The van der Waals surface area contributed by atoms with Gasteiger partial charge < -0.3 is 4.90 Å². The standard InChI is InChI=1S/C25H32N2OS/c1-5-11-24(29-20(3)21(6-2)15-17-26-4)25(28)27-18-10-14-22-12-8-7-9-13-23(22)16-19-27/h5-7,9,11-13,15,17,20H,1,4,8,10,14,16,18-19H2,2-3H3/b17-15-,21-6+,24-11-. The van der Waals surface area contributed by atoms with E-state index in [9.17, 15) is 4.79 Å². The maximum absolute atomic E-state index is 13.3. The van der Waals surface area contributed by atoms with Crippen molar-refractivity contribution in [3.8, 4) is 0 Å². The highest BCUT2D eigenvalue weighted by molar-refractivity contribution is 8.04. The van der Waals surface area contributed by atoms with E-state index in [2.05, 4.69) is 49.5 Å². The Hall–Kier alpha value is -2.33. The number of hydrogen-bond donors (Lipinski definition) is 0. The van der Waals surface area contributed by atoms with Crippen molar-refractivity contribution in [1.29, 1.82) is 0 Å². The summed E-state index contributed by atoms with van der Waals surface area (Å²) in [6.45, 7) is 12.9. The summed E-state index contributed by atoms with van der Waals surface area (Å²) in [6.07, 6.45) is 22.0. The van der Waals surface area contributed by atoms with Crippen LogP contribution in [0.15, 0.2) is 88.0 Å². The molecule has 0 saturated carbocycles. The molecule has 1 aliphatic heterocycles.